The van der Waals surface area contributed by atoms with Crippen LogP contribution in [0.15, 0.2) is 30.3 Å². The molecule has 4 rings (SSSR count). The van der Waals surface area contributed by atoms with E-state index in [4.69, 9.17) is 11.6 Å². The monoisotopic (exact) mass is 374 g/mol. The Morgan fingerprint density at radius 3 is 2.96 bits per heavy atom. The molecule has 1 amide bonds. The Morgan fingerprint density at radius 1 is 1.40 bits per heavy atom. The third kappa shape index (κ3) is 2.84. The molecule has 0 radical (unpaired) electrons. The van der Waals surface area contributed by atoms with E-state index in [1.54, 1.807) is 0 Å². The van der Waals surface area contributed by atoms with Gasteiger partial charge in [0.2, 0.25) is 0 Å². The predicted molar refractivity (Wildman–Crippen MR) is 102 cm³/mol. The molecule has 1 aliphatic heterocycles. The number of halogens is 1. The molecule has 1 N–H and O–H groups in total. The Balaban J connectivity index is 1.77. The highest BCUT2D eigenvalue weighted by molar-refractivity contribution is 7.20. The number of hydrogen-bond donors (Lipinski definition) is 1. The molecule has 7 heteroatoms. The summed E-state index contributed by atoms with van der Waals surface area (Å²) in [6.45, 7) is 6.46. The maximum absolute atomic E-state index is 13.0. The summed E-state index contributed by atoms with van der Waals surface area (Å²) in [5.41, 5.74) is 1.73. The van der Waals surface area contributed by atoms with Crippen LogP contribution in [0.2, 0.25) is 5.02 Å². The molecule has 2 aromatic heterocycles. The molecular formula is C18H19ClN4OS. The fourth-order valence-electron chi connectivity index (χ4n) is 3.22. The van der Waals surface area contributed by atoms with Gasteiger partial charge in [0.05, 0.1) is 21.3 Å². The summed E-state index contributed by atoms with van der Waals surface area (Å²) in [5, 5.41) is 9.59. The number of para-hydroxylation sites is 1. The topological polar surface area (TPSA) is 50.2 Å². The van der Waals surface area contributed by atoms with Crippen LogP contribution in [0.4, 0.5) is 0 Å². The molecule has 1 atom stereocenters. The average Bonchev–Trinajstić information content (AvgIpc) is 3.16. The number of nitrogens with zero attached hydrogens (tertiary/aromatic N) is 3. The standard InChI is InChI=1S/C18H19ClN4OS/c1-11-10-20-7-8-22(11)17(24)16-9-13-12(2)21-23(18(13)25-16)15-6-4-3-5-14(15)19/h3-6,9,11,20H,7-8,10H2,1-2H3/t11-/m1/s1. The molecule has 0 bridgehead atoms. The fraction of sp³-hybridized carbons (Fsp3) is 0.333. The summed E-state index contributed by atoms with van der Waals surface area (Å²) in [6, 6.07) is 9.79. The zero-order chi connectivity index (χ0) is 17.6. The Hall–Kier alpha value is -1.89. The summed E-state index contributed by atoms with van der Waals surface area (Å²) >= 11 is 7.82. The highest BCUT2D eigenvalue weighted by atomic mass is 35.5. The second-order valence-electron chi connectivity index (χ2n) is 6.33. The van der Waals surface area contributed by atoms with Gasteiger partial charge >= 0.3 is 0 Å². The van der Waals surface area contributed by atoms with E-state index < -0.39 is 0 Å². The average molecular weight is 375 g/mol. The minimum absolute atomic E-state index is 0.0975. The lowest BCUT2D eigenvalue weighted by molar-refractivity contribution is 0.0661. The van der Waals surface area contributed by atoms with Crippen molar-refractivity contribution in [3.05, 3.63) is 45.9 Å². The van der Waals surface area contributed by atoms with Crippen LogP contribution < -0.4 is 5.32 Å². The molecule has 25 heavy (non-hydrogen) atoms. The van der Waals surface area contributed by atoms with Gasteiger partial charge in [-0.15, -0.1) is 11.3 Å². The number of fused-ring (bicyclic) bond motifs is 1. The zero-order valence-corrected chi connectivity index (χ0v) is 15.7. The van der Waals surface area contributed by atoms with E-state index in [-0.39, 0.29) is 11.9 Å². The van der Waals surface area contributed by atoms with Crippen LogP contribution in [0, 0.1) is 6.92 Å². The third-order valence-electron chi connectivity index (χ3n) is 4.60. The summed E-state index contributed by atoms with van der Waals surface area (Å²) in [7, 11) is 0. The number of rotatable bonds is 2. The molecule has 3 heterocycles. The molecule has 5 nitrogen and oxygen atoms in total. The summed E-state index contributed by atoms with van der Waals surface area (Å²) in [6.07, 6.45) is 0. The van der Waals surface area contributed by atoms with Crippen molar-refractivity contribution in [1.82, 2.24) is 20.0 Å². The van der Waals surface area contributed by atoms with E-state index in [0.29, 0.717) is 5.02 Å². The van der Waals surface area contributed by atoms with Gasteiger partial charge in [0.1, 0.15) is 4.83 Å². The maximum atomic E-state index is 13.0. The van der Waals surface area contributed by atoms with E-state index in [9.17, 15) is 4.79 Å². The number of thiophene rings is 1. The van der Waals surface area contributed by atoms with E-state index >= 15 is 0 Å². The minimum atomic E-state index is 0.0975. The molecule has 0 saturated carbocycles. The molecule has 3 aromatic rings. The molecule has 1 saturated heterocycles. The van der Waals surface area contributed by atoms with Crippen molar-refractivity contribution in [1.29, 1.82) is 0 Å². The predicted octanol–water partition coefficient (Wildman–Crippen LogP) is 3.48. The summed E-state index contributed by atoms with van der Waals surface area (Å²) in [4.78, 5) is 16.6. The second kappa shape index (κ2) is 6.44. The van der Waals surface area contributed by atoms with Crippen molar-refractivity contribution in [3.8, 4) is 5.69 Å². The number of benzene rings is 1. The largest absolute Gasteiger partial charge is 0.333 e. The molecule has 1 fully saturated rings. The Labute approximate surface area is 155 Å². The lowest BCUT2D eigenvalue weighted by atomic mass is 10.2. The van der Waals surface area contributed by atoms with E-state index in [1.165, 1.54) is 11.3 Å². The first-order valence-corrected chi connectivity index (χ1v) is 9.51. The number of carbonyl (C=O) groups is 1. The Morgan fingerprint density at radius 2 is 2.20 bits per heavy atom. The number of hydrogen-bond acceptors (Lipinski definition) is 4. The minimum Gasteiger partial charge on any atom is -0.333 e. The van der Waals surface area contributed by atoms with E-state index in [1.807, 2.05) is 46.8 Å². The lowest BCUT2D eigenvalue weighted by Crippen LogP contribution is -2.52. The van der Waals surface area contributed by atoms with Crippen LogP contribution in [0.25, 0.3) is 15.9 Å². The second-order valence-corrected chi connectivity index (χ2v) is 7.77. The zero-order valence-electron chi connectivity index (χ0n) is 14.1. The van der Waals surface area contributed by atoms with Crippen molar-refractivity contribution in [2.45, 2.75) is 19.9 Å². The van der Waals surface area contributed by atoms with Gasteiger partial charge in [-0.3, -0.25) is 4.79 Å². The van der Waals surface area contributed by atoms with Crippen LogP contribution in [0.1, 0.15) is 22.3 Å². The third-order valence-corrected chi connectivity index (χ3v) is 6.02. The van der Waals surface area contributed by atoms with Gasteiger partial charge in [0.25, 0.3) is 5.91 Å². The highest BCUT2D eigenvalue weighted by Gasteiger charge is 2.26. The van der Waals surface area contributed by atoms with Crippen LogP contribution in [-0.2, 0) is 0 Å². The molecular weight excluding hydrogens is 356 g/mol. The molecule has 1 aromatic carbocycles. The molecule has 0 aliphatic carbocycles. The molecule has 0 unspecified atom stereocenters. The SMILES string of the molecule is Cc1nn(-c2ccccc2Cl)c2sc(C(=O)N3CCNC[C@H]3C)cc12. The van der Waals surface area contributed by atoms with Crippen LogP contribution >= 0.6 is 22.9 Å². The molecule has 0 spiro atoms. The quantitative estimate of drug-likeness (QED) is 0.747. The summed E-state index contributed by atoms with van der Waals surface area (Å²) < 4.78 is 1.84. The van der Waals surface area contributed by atoms with Crippen molar-refractivity contribution >= 4 is 39.1 Å². The number of amides is 1. The fourth-order valence-corrected chi connectivity index (χ4v) is 4.57. The smallest absolute Gasteiger partial charge is 0.264 e. The van der Waals surface area contributed by atoms with Gasteiger partial charge in [-0.25, -0.2) is 4.68 Å². The van der Waals surface area contributed by atoms with E-state index in [2.05, 4.69) is 17.3 Å². The first kappa shape index (κ1) is 16.6. The first-order chi connectivity index (χ1) is 12.1. The van der Waals surface area contributed by atoms with Gasteiger partial charge in [-0.2, -0.15) is 5.10 Å². The van der Waals surface area contributed by atoms with Crippen LogP contribution in [-0.4, -0.2) is 46.3 Å². The number of carbonyl (C=O) groups excluding carboxylic acids is 1. The maximum Gasteiger partial charge on any atom is 0.264 e. The van der Waals surface area contributed by atoms with Crippen LogP contribution in [0.5, 0.6) is 0 Å². The van der Waals surface area contributed by atoms with Gasteiger partial charge in [-0.05, 0) is 32.0 Å². The Bertz CT molecular complexity index is 948. The summed E-state index contributed by atoms with van der Waals surface area (Å²) in [5.74, 6) is 0.0975. The van der Waals surface area contributed by atoms with Crippen molar-refractivity contribution in [3.63, 3.8) is 0 Å². The van der Waals surface area contributed by atoms with Gasteiger partial charge in [-0.1, -0.05) is 23.7 Å². The van der Waals surface area contributed by atoms with Gasteiger partial charge < -0.3 is 10.2 Å². The molecule has 130 valence electrons. The number of nitrogens with one attached hydrogen (secondary N) is 1. The highest BCUT2D eigenvalue weighted by Crippen LogP contribution is 2.33. The van der Waals surface area contributed by atoms with Crippen molar-refractivity contribution < 1.29 is 4.79 Å². The lowest BCUT2D eigenvalue weighted by Gasteiger charge is -2.33. The number of aryl methyl sites for hydroxylation is 1. The van der Waals surface area contributed by atoms with Gasteiger partial charge in [0.15, 0.2) is 0 Å². The Kier molecular flexibility index (Phi) is 4.27. The van der Waals surface area contributed by atoms with Crippen LogP contribution in [0.3, 0.4) is 0 Å². The van der Waals surface area contributed by atoms with Crippen molar-refractivity contribution in [2.24, 2.45) is 0 Å². The molecule has 1 aliphatic rings. The van der Waals surface area contributed by atoms with Crippen molar-refractivity contribution in [2.75, 3.05) is 19.6 Å². The van der Waals surface area contributed by atoms with Gasteiger partial charge in [0, 0.05) is 31.1 Å². The number of aromatic nitrogens is 2. The van der Waals surface area contributed by atoms with E-state index in [0.717, 1.165) is 46.1 Å². The normalized spacial score (nSPS) is 18.0. The first-order valence-electron chi connectivity index (χ1n) is 8.32. The number of piperazine rings is 1.